The van der Waals surface area contributed by atoms with E-state index in [2.05, 4.69) is 0 Å². The van der Waals surface area contributed by atoms with E-state index in [-0.39, 0.29) is 13.2 Å². The molecule has 0 saturated carbocycles. The predicted octanol–water partition coefficient (Wildman–Crippen LogP) is 1.96. The van der Waals surface area contributed by atoms with Gasteiger partial charge in [0.2, 0.25) is 5.78 Å². The molecule has 1 atom stereocenters. The highest BCUT2D eigenvalue weighted by atomic mass is 16.6. The van der Waals surface area contributed by atoms with Crippen LogP contribution in [0.2, 0.25) is 0 Å². The summed E-state index contributed by atoms with van der Waals surface area (Å²) in [5.74, 6) is 1.55. The van der Waals surface area contributed by atoms with E-state index in [1.54, 1.807) is 13.8 Å². The zero-order valence-electron chi connectivity index (χ0n) is 12.0. The van der Waals surface area contributed by atoms with Gasteiger partial charge in [0.25, 0.3) is 0 Å². The monoisotopic (exact) mass is 287 g/mol. The number of nitrogens with zero attached hydrogens (tertiary/aromatic N) is 1. The quantitative estimate of drug-likeness (QED) is 0.630. The topological polar surface area (TPSA) is 55.8 Å². The molecule has 0 radical (unpaired) electrons. The molecule has 1 aromatic carbocycles. The lowest BCUT2D eigenvalue weighted by Gasteiger charge is -2.31. The molecule has 0 aliphatic carbocycles. The minimum Gasteiger partial charge on any atom is -0.444 e. The summed E-state index contributed by atoms with van der Waals surface area (Å²) in [4.78, 5) is 25.3. The lowest BCUT2D eigenvalue weighted by atomic mass is 10.1. The Labute approximate surface area is 123 Å². The Balaban J connectivity index is 2.08. The molecule has 1 aliphatic rings. The van der Waals surface area contributed by atoms with E-state index >= 15 is 0 Å². The van der Waals surface area contributed by atoms with Crippen molar-refractivity contribution in [3.8, 4) is 12.3 Å². The first-order chi connectivity index (χ1) is 9.95. The maximum Gasteiger partial charge on any atom is 0.413 e. The van der Waals surface area contributed by atoms with E-state index in [1.807, 2.05) is 36.3 Å². The molecule has 0 bridgehead atoms. The molecule has 1 aromatic rings. The van der Waals surface area contributed by atoms with Gasteiger partial charge in [-0.05, 0) is 25.3 Å². The molecule has 5 nitrogen and oxygen atoms in total. The third-order valence-electron chi connectivity index (χ3n) is 3.33. The van der Waals surface area contributed by atoms with Gasteiger partial charge in [0.15, 0.2) is 0 Å². The zero-order valence-corrected chi connectivity index (χ0v) is 12.0. The number of ether oxygens (including phenoxy) is 2. The number of hydrogen-bond acceptors (Lipinski definition) is 4. The van der Waals surface area contributed by atoms with Crippen LogP contribution < -0.4 is 0 Å². The number of amides is 1. The van der Waals surface area contributed by atoms with Crippen LogP contribution >= 0.6 is 0 Å². The third kappa shape index (κ3) is 3.23. The average molecular weight is 287 g/mol. The standard InChI is InChI=1S/C16H17NO4/c1-4-14(18)13-11-21-16(2,3)17(13)15(19)20-10-12-8-6-5-7-9-12/h1,5-9,13H,10-11H2,2-3H3/t13-/m0/s1. The van der Waals surface area contributed by atoms with Crippen LogP contribution in [0, 0.1) is 12.3 Å². The van der Waals surface area contributed by atoms with Gasteiger partial charge in [-0.1, -0.05) is 30.3 Å². The number of ketones is 1. The van der Waals surface area contributed by atoms with Crippen LogP contribution in [-0.4, -0.2) is 35.2 Å². The predicted molar refractivity (Wildman–Crippen MR) is 76.1 cm³/mol. The van der Waals surface area contributed by atoms with E-state index in [1.165, 1.54) is 4.90 Å². The van der Waals surface area contributed by atoms with E-state index in [0.29, 0.717) is 0 Å². The van der Waals surface area contributed by atoms with Crippen molar-refractivity contribution in [3.63, 3.8) is 0 Å². The highest BCUT2D eigenvalue weighted by Crippen LogP contribution is 2.28. The maximum absolute atomic E-state index is 12.3. The molecule has 2 rings (SSSR count). The molecule has 1 amide bonds. The molecule has 0 spiro atoms. The van der Waals surface area contributed by atoms with Gasteiger partial charge in [-0.25, -0.2) is 4.79 Å². The SMILES string of the molecule is C#CC(=O)[C@@H]1COC(C)(C)N1C(=O)OCc1ccccc1. The molecular weight excluding hydrogens is 270 g/mol. The van der Waals surface area contributed by atoms with Gasteiger partial charge < -0.3 is 9.47 Å². The summed E-state index contributed by atoms with van der Waals surface area (Å²) in [6.45, 7) is 3.60. The van der Waals surface area contributed by atoms with Crippen LogP contribution in [0.3, 0.4) is 0 Å². The molecule has 110 valence electrons. The van der Waals surface area contributed by atoms with Crippen LogP contribution in [0.1, 0.15) is 19.4 Å². The fourth-order valence-electron chi connectivity index (χ4n) is 2.23. The number of terminal acetylenes is 1. The molecule has 0 aromatic heterocycles. The maximum atomic E-state index is 12.3. The van der Waals surface area contributed by atoms with Gasteiger partial charge in [0.05, 0.1) is 6.61 Å². The minimum atomic E-state index is -0.926. The highest BCUT2D eigenvalue weighted by molar-refractivity contribution is 6.01. The number of carbonyl (C=O) groups excluding carboxylic acids is 2. The lowest BCUT2D eigenvalue weighted by Crippen LogP contribution is -2.50. The zero-order chi connectivity index (χ0) is 15.5. The van der Waals surface area contributed by atoms with Crippen molar-refractivity contribution < 1.29 is 19.1 Å². The number of carbonyl (C=O) groups is 2. The van der Waals surface area contributed by atoms with Gasteiger partial charge in [-0.2, -0.15) is 0 Å². The Bertz CT molecular complexity index is 574. The molecule has 1 saturated heterocycles. The van der Waals surface area contributed by atoms with Crippen LogP contribution in [0.4, 0.5) is 4.79 Å². The first kappa shape index (κ1) is 15.1. The summed E-state index contributed by atoms with van der Waals surface area (Å²) in [6, 6.07) is 8.50. The van der Waals surface area contributed by atoms with Crippen LogP contribution in [0.5, 0.6) is 0 Å². The first-order valence-electron chi connectivity index (χ1n) is 6.60. The molecule has 5 heteroatoms. The van der Waals surface area contributed by atoms with Gasteiger partial charge in [-0.3, -0.25) is 9.69 Å². The molecule has 0 unspecified atom stereocenters. The second-order valence-corrected chi connectivity index (χ2v) is 5.19. The lowest BCUT2D eigenvalue weighted by molar-refractivity contribution is -0.118. The van der Waals surface area contributed by atoms with Crippen LogP contribution in [0.15, 0.2) is 30.3 Å². The largest absolute Gasteiger partial charge is 0.444 e. The van der Waals surface area contributed by atoms with Gasteiger partial charge in [0, 0.05) is 0 Å². The van der Waals surface area contributed by atoms with Crippen molar-refractivity contribution in [1.29, 1.82) is 0 Å². The van der Waals surface area contributed by atoms with Gasteiger partial charge in [-0.15, -0.1) is 6.42 Å². The Morgan fingerprint density at radius 2 is 2.10 bits per heavy atom. The van der Waals surface area contributed by atoms with Gasteiger partial charge in [0.1, 0.15) is 18.4 Å². The summed E-state index contributed by atoms with van der Waals surface area (Å²) >= 11 is 0. The Morgan fingerprint density at radius 1 is 1.43 bits per heavy atom. The van der Waals surface area contributed by atoms with Crippen molar-refractivity contribution in [2.45, 2.75) is 32.2 Å². The van der Waals surface area contributed by atoms with Crippen molar-refractivity contribution in [2.24, 2.45) is 0 Å². The van der Waals surface area contributed by atoms with E-state index in [9.17, 15) is 9.59 Å². The molecule has 0 N–H and O–H groups in total. The Morgan fingerprint density at radius 3 is 2.71 bits per heavy atom. The summed E-state index contributed by atoms with van der Waals surface area (Å²) < 4.78 is 10.7. The van der Waals surface area contributed by atoms with E-state index in [0.717, 1.165) is 5.56 Å². The number of rotatable bonds is 3. The smallest absolute Gasteiger partial charge is 0.413 e. The minimum absolute atomic E-state index is 0.0798. The number of hydrogen-bond donors (Lipinski definition) is 0. The summed E-state index contributed by atoms with van der Waals surface area (Å²) in [6.07, 6.45) is 4.52. The molecule has 1 aliphatic heterocycles. The van der Waals surface area contributed by atoms with Crippen molar-refractivity contribution in [2.75, 3.05) is 6.61 Å². The highest BCUT2D eigenvalue weighted by Gasteiger charge is 2.47. The van der Waals surface area contributed by atoms with Crippen molar-refractivity contribution in [3.05, 3.63) is 35.9 Å². The van der Waals surface area contributed by atoms with Gasteiger partial charge >= 0.3 is 6.09 Å². The Kier molecular flexibility index (Phi) is 4.29. The Hall–Kier alpha value is -2.32. The second kappa shape index (κ2) is 5.98. The number of benzene rings is 1. The van der Waals surface area contributed by atoms with E-state index < -0.39 is 23.6 Å². The first-order valence-corrected chi connectivity index (χ1v) is 6.60. The van der Waals surface area contributed by atoms with Crippen LogP contribution in [0.25, 0.3) is 0 Å². The molecular formula is C16H17NO4. The molecule has 1 fully saturated rings. The average Bonchev–Trinajstić information content (AvgIpc) is 2.80. The summed E-state index contributed by atoms with van der Waals surface area (Å²) in [5, 5.41) is 0. The second-order valence-electron chi connectivity index (χ2n) is 5.19. The van der Waals surface area contributed by atoms with E-state index in [4.69, 9.17) is 15.9 Å². The fraction of sp³-hybridized carbons (Fsp3) is 0.375. The third-order valence-corrected chi connectivity index (χ3v) is 3.33. The summed E-state index contributed by atoms with van der Waals surface area (Å²) in [7, 11) is 0. The normalized spacial score (nSPS) is 19.9. The number of Topliss-reactive ketones (excluding diaryl/α,β-unsaturated/α-hetero) is 1. The summed E-state index contributed by atoms with van der Waals surface area (Å²) in [5.41, 5.74) is -0.0612. The molecule has 21 heavy (non-hydrogen) atoms. The van der Waals surface area contributed by atoms with Crippen LogP contribution in [-0.2, 0) is 20.9 Å². The molecule has 1 heterocycles. The fourth-order valence-corrected chi connectivity index (χ4v) is 2.23. The van der Waals surface area contributed by atoms with Crippen molar-refractivity contribution in [1.82, 2.24) is 4.90 Å². The van der Waals surface area contributed by atoms with Crippen molar-refractivity contribution >= 4 is 11.9 Å².